The molecule has 1 heterocycles. The van der Waals surface area contributed by atoms with E-state index >= 15 is 0 Å². The Balaban J connectivity index is 2.58. The average molecular weight is 275 g/mol. The zero-order chi connectivity index (χ0) is 11.0. The summed E-state index contributed by atoms with van der Waals surface area (Å²) in [5, 5.41) is 3.61. The van der Waals surface area contributed by atoms with Crippen LogP contribution in [-0.4, -0.2) is 10.1 Å². The molecule has 0 saturated heterocycles. The maximum atomic E-state index is 13.0. The van der Waals surface area contributed by atoms with E-state index in [0.717, 1.165) is 12.1 Å². The Kier molecular flexibility index (Phi) is 2.52. The van der Waals surface area contributed by atoms with Gasteiger partial charge in [-0.15, -0.1) is 0 Å². The van der Waals surface area contributed by atoms with Gasteiger partial charge in [0.25, 0.3) is 0 Å². The first-order chi connectivity index (χ1) is 7.08. The van der Waals surface area contributed by atoms with Crippen molar-refractivity contribution in [1.29, 1.82) is 0 Å². The van der Waals surface area contributed by atoms with Crippen LogP contribution in [0.5, 0.6) is 0 Å². The molecule has 0 N–H and O–H groups in total. The van der Waals surface area contributed by atoms with Gasteiger partial charge in [-0.05, 0) is 28.1 Å². The molecule has 78 valence electrons. The van der Waals surface area contributed by atoms with E-state index in [-0.39, 0.29) is 5.82 Å². The van der Waals surface area contributed by atoms with E-state index in [1.807, 2.05) is 0 Å². The van der Waals surface area contributed by atoms with Crippen molar-refractivity contribution in [2.75, 3.05) is 0 Å². The maximum absolute atomic E-state index is 13.0. The summed E-state index contributed by atoms with van der Waals surface area (Å²) in [6.45, 7) is 1.62. The Morgan fingerprint density at radius 3 is 2.53 bits per heavy atom. The van der Waals surface area contributed by atoms with Crippen LogP contribution >= 0.6 is 15.9 Å². The Morgan fingerprint density at radius 1 is 1.27 bits per heavy atom. The van der Waals surface area contributed by atoms with Crippen LogP contribution in [0.3, 0.4) is 0 Å². The summed E-state index contributed by atoms with van der Waals surface area (Å²) in [5.74, 6) is -1.29. The molecule has 1 aromatic carbocycles. The molecular formula is C9H5BrF2N2O. The summed E-state index contributed by atoms with van der Waals surface area (Å²) in [6, 6.07) is 2.04. The molecule has 2 aromatic rings. The van der Waals surface area contributed by atoms with Crippen LogP contribution in [0.4, 0.5) is 8.78 Å². The van der Waals surface area contributed by atoms with Crippen LogP contribution in [0.15, 0.2) is 21.1 Å². The lowest BCUT2D eigenvalue weighted by Gasteiger charge is -2.00. The third-order valence-electron chi connectivity index (χ3n) is 1.78. The molecule has 0 atom stereocenters. The van der Waals surface area contributed by atoms with Gasteiger partial charge in [-0.3, -0.25) is 0 Å². The second kappa shape index (κ2) is 3.69. The SMILES string of the molecule is Cc1nc(-c2cc(F)c(F)cc2Br)no1. The van der Waals surface area contributed by atoms with Gasteiger partial charge >= 0.3 is 0 Å². The summed E-state index contributed by atoms with van der Waals surface area (Å²) >= 11 is 3.10. The molecule has 15 heavy (non-hydrogen) atoms. The third kappa shape index (κ3) is 1.90. The van der Waals surface area contributed by atoms with Crippen molar-refractivity contribution in [2.45, 2.75) is 6.92 Å². The highest BCUT2D eigenvalue weighted by molar-refractivity contribution is 9.10. The minimum Gasteiger partial charge on any atom is -0.339 e. The van der Waals surface area contributed by atoms with E-state index in [1.54, 1.807) is 6.92 Å². The fourth-order valence-electron chi connectivity index (χ4n) is 1.10. The summed E-state index contributed by atoms with van der Waals surface area (Å²) in [4.78, 5) is 3.92. The fourth-order valence-corrected chi connectivity index (χ4v) is 1.60. The third-order valence-corrected chi connectivity index (χ3v) is 2.43. The van der Waals surface area contributed by atoms with Crippen LogP contribution in [0.25, 0.3) is 11.4 Å². The van der Waals surface area contributed by atoms with Crippen molar-refractivity contribution < 1.29 is 13.3 Å². The Hall–Kier alpha value is -1.30. The largest absolute Gasteiger partial charge is 0.339 e. The minimum atomic E-state index is -0.948. The zero-order valence-corrected chi connectivity index (χ0v) is 9.18. The van der Waals surface area contributed by atoms with E-state index in [0.29, 0.717) is 15.9 Å². The number of halogens is 3. The van der Waals surface area contributed by atoms with Crippen molar-refractivity contribution in [3.63, 3.8) is 0 Å². The Labute approximate surface area is 92.2 Å². The molecule has 0 radical (unpaired) electrons. The van der Waals surface area contributed by atoms with Gasteiger partial charge in [-0.2, -0.15) is 4.98 Å². The van der Waals surface area contributed by atoms with Crippen LogP contribution in [0, 0.1) is 18.6 Å². The maximum Gasteiger partial charge on any atom is 0.223 e. The number of nitrogens with zero attached hydrogens (tertiary/aromatic N) is 2. The Morgan fingerprint density at radius 2 is 1.93 bits per heavy atom. The minimum absolute atomic E-state index is 0.221. The topological polar surface area (TPSA) is 38.9 Å². The second-order valence-corrected chi connectivity index (χ2v) is 3.74. The lowest BCUT2D eigenvalue weighted by Crippen LogP contribution is -1.89. The summed E-state index contributed by atoms with van der Waals surface area (Å²) in [5.41, 5.74) is 0.353. The fraction of sp³-hybridized carbons (Fsp3) is 0.111. The van der Waals surface area contributed by atoms with Crippen molar-refractivity contribution in [3.8, 4) is 11.4 Å². The van der Waals surface area contributed by atoms with Gasteiger partial charge in [0.15, 0.2) is 11.6 Å². The molecule has 0 aliphatic heterocycles. The van der Waals surface area contributed by atoms with Crippen LogP contribution in [0.1, 0.15) is 5.89 Å². The lowest BCUT2D eigenvalue weighted by atomic mass is 10.2. The van der Waals surface area contributed by atoms with Crippen LogP contribution in [0.2, 0.25) is 0 Å². The molecule has 6 heteroatoms. The normalized spacial score (nSPS) is 10.7. The van der Waals surface area contributed by atoms with Crippen LogP contribution in [-0.2, 0) is 0 Å². The van der Waals surface area contributed by atoms with Gasteiger partial charge in [0.05, 0.1) is 0 Å². The molecule has 0 fully saturated rings. The van der Waals surface area contributed by atoms with E-state index in [1.165, 1.54) is 0 Å². The van der Waals surface area contributed by atoms with Crippen molar-refractivity contribution in [3.05, 3.63) is 34.1 Å². The van der Waals surface area contributed by atoms with Gasteiger partial charge in [0, 0.05) is 17.0 Å². The molecule has 0 spiro atoms. The number of hydrogen-bond acceptors (Lipinski definition) is 3. The first kappa shape index (κ1) is 10.2. The average Bonchev–Trinajstić information content (AvgIpc) is 2.58. The highest BCUT2D eigenvalue weighted by atomic mass is 79.9. The van der Waals surface area contributed by atoms with E-state index in [4.69, 9.17) is 4.52 Å². The molecule has 0 saturated carbocycles. The monoisotopic (exact) mass is 274 g/mol. The molecule has 3 nitrogen and oxygen atoms in total. The molecule has 0 amide bonds. The summed E-state index contributed by atoms with van der Waals surface area (Å²) < 4.78 is 30.9. The van der Waals surface area contributed by atoms with Gasteiger partial charge in [0.2, 0.25) is 11.7 Å². The number of rotatable bonds is 1. The summed E-state index contributed by atoms with van der Waals surface area (Å²) in [7, 11) is 0. The molecule has 0 bridgehead atoms. The van der Waals surface area contributed by atoms with E-state index in [2.05, 4.69) is 26.1 Å². The summed E-state index contributed by atoms with van der Waals surface area (Å²) in [6.07, 6.45) is 0. The van der Waals surface area contributed by atoms with Gasteiger partial charge in [-0.1, -0.05) is 5.16 Å². The van der Waals surface area contributed by atoms with Crippen molar-refractivity contribution in [1.82, 2.24) is 10.1 Å². The van der Waals surface area contributed by atoms with Gasteiger partial charge < -0.3 is 4.52 Å². The smallest absolute Gasteiger partial charge is 0.223 e. The molecule has 0 unspecified atom stereocenters. The molecule has 2 rings (SSSR count). The first-order valence-corrected chi connectivity index (χ1v) is 4.82. The number of hydrogen-bond donors (Lipinski definition) is 0. The zero-order valence-electron chi connectivity index (χ0n) is 7.59. The highest BCUT2D eigenvalue weighted by Crippen LogP contribution is 2.28. The number of benzene rings is 1. The second-order valence-electron chi connectivity index (χ2n) is 2.88. The molecule has 1 aromatic heterocycles. The highest BCUT2D eigenvalue weighted by Gasteiger charge is 2.13. The predicted molar refractivity (Wildman–Crippen MR) is 52.1 cm³/mol. The van der Waals surface area contributed by atoms with Crippen molar-refractivity contribution >= 4 is 15.9 Å². The number of aromatic nitrogens is 2. The van der Waals surface area contributed by atoms with Crippen LogP contribution < -0.4 is 0 Å². The van der Waals surface area contributed by atoms with E-state index in [9.17, 15) is 8.78 Å². The van der Waals surface area contributed by atoms with Gasteiger partial charge in [0.1, 0.15) is 0 Å². The predicted octanol–water partition coefficient (Wildman–Crippen LogP) is 3.09. The van der Waals surface area contributed by atoms with E-state index < -0.39 is 11.6 Å². The Bertz CT molecular complexity index is 513. The molecule has 0 aliphatic rings. The number of aryl methyl sites for hydroxylation is 1. The lowest BCUT2D eigenvalue weighted by molar-refractivity contribution is 0.394. The molecular weight excluding hydrogens is 270 g/mol. The quantitative estimate of drug-likeness (QED) is 0.751. The first-order valence-electron chi connectivity index (χ1n) is 4.03. The standard InChI is InChI=1S/C9H5BrF2N2O/c1-4-13-9(14-15-4)5-2-7(11)8(12)3-6(5)10/h2-3H,1H3. The van der Waals surface area contributed by atoms with Crippen molar-refractivity contribution in [2.24, 2.45) is 0 Å². The van der Waals surface area contributed by atoms with Gasteiger partial charge in [-0.25, -0.2) is 8.78 Å². The molecule has 0 aliphatic carbocycles.